The molecule has 1 aromatic carbocycles. The SMILES string of the molecule is CNCCOc1ccc(S(=O)(=O)NC(C)CC2CC2)cc1. The standard InChI is InChI=1S/C15H24N2O3S/c1-12(11-13-3-4-13)17-21(18,19)15-7-5-14(6-8-15)20-10-9-16-2/h5-8,12-13,16-17H,3-4,9-11H2,1-2H3. The average molecular weight is 312 g/mol. The number of benzene rings is 1. The molecule has 5 nitrogen and oxygen atoms in total. The second kappa shape index (κ2) is 7.24. The van der Waals surface area contributed by atoms with Crippen molar-refractivity contribution >= 4 is 10.0 Å². The van der Waals surface area contributed by atoms with Gasteiger partial charge in [0.25, 0.3) is 0 Å². The highest BCUT2D eigenvalue weighted by Gasteiger charge is 2.26. The minimum Gasteiger partial charge on any atom is -0.492 e. The molecule has 0 heterocycles. The third-order valence-electron chi connectivity index (χ3n) is 3.49. The van der Waals surface area contributed by atoms with E-state index in [0.29, 0.717) is 18.3 Å². The van der Waals surface area contributed by atoms with Crippen LogP contribution in [0.2, 0.25) is 0 Å². The van der Waals surface area contributed by atoms with Crippen LogP contribution in [-0.2, 0) is 10.0 Å². The summed E-state index contributed by atoms with van der Waals surface area (Å²) in [5.74, 6) is 1.38. The van der Waals surface area contributed by atoms with E-state index < -0.39 is 10.0 Å². The van der Waals surface area contributed by atoms with E-state index in [1.165, 1.54) is 12.8 Å². The smallest absolute Gasteiger partial charge is 0.240 e. The van der Waals surface area contributed by atoms with Crippen molar-refractivity contribution in [3.8, 4) is 5.75 Å². The third kappa shape index (κ3) is 5.30. The first-order valence-corrected chi connectivity index (χ1v) is 8.89. The molecule has 1 aromatic rings. The lowest BCUT2D eigenvalue weighted by Crippen LogP contribution is -2.32. The lowest BCUT2D eigenvalue weighted by Gasteiger charge is -2.14. The molecule has 1 atom stereocenters. The first-order chi connectivity index (χ1) is 10.0. The number of rotatable bonds is 9. The van der Waals surface area contributed by atoms with Crippen molar-refractivity contribution in [2.24, 2.45) is 5.92 Å². The fraction of sp³-hybridized carbons (Fsp3) is 0.600. The van der Waals surface area contributed by atoms with Gasteiger partial charge in [0, 0.05) is 12.6 Å². The molecule has 1 saturated carbocycles. The van der Waals surface area contributed by atoms with Gasteiger partial charge in [0.1, 0.15) is 12.4 Å². The van der Waals surface area contributed by atoms with Gasteiger partial charge in [-0.3, -0.25) is 0 Å². The molecule has 6 heteroatoms. The molecule has 0 radical (unpaired) electrons. The van der Waals surface area contributed by atoms with Crippen molar-refractivity contribution in [2.75, 3.05) is 20.2 Å². The van der Waals surface area contributed by atoms with Crippen LogP contribution in [0, 0.1) is 5.92 Å². The first kappa shape index (κ1) is 16.3. The molecule has 2 rings (SSSR count). The van der Waals surface area contributed by atoms with Crippen LogP contribution in [0.4, 0.5) is 0 Å². The van der Waals surface area contributed by atoms with Crippen LogP contribution in [-0.4, -0.2) is 34.7 Å². The molecule has 1 aliphatic rings. The molecule has 1 unspecified atom stereocenters. The van der Waals surface area contributed by atoms with Gasteiger partial charge in [-0.15, -0.1) is 0 Å². The first-order valence-electron chi connectivity index (χ1n) is 7.41. The summed E-state index contributed by atoms with van der Waals surface area (Å²) in [6, 6.07) is 6.53. The molecule has 0 bridgehead atoms. The van der Waals surface area contributed by atoms with E-state index in [-0.39, 0.29) is 10.9 Å². The Morgan fingerprint density at radius 2 is 1.95 bits per heavy atom. The summed E-state index contributed by atoms with van der Waals surface area (Å²) in [4.78, 5) is 0.283. The van der Waals surface area contributed by atoms with Crippen LogP contribution in [0.1, 0.15) is 26.2 Å². The van der Waals surface area contributed by atoms with Gasteiger partial charge >= 0.3 is 0 Å². The van der Waals surface area contributed by atoms with Crippen molar-refractivity contribution in [1.29, 1.82) is 0 Å². The van der Waals surface area contributed by atoms with Crippen molar-refractivity contribution in [1.82, 2.24) is 10.0 Å². The molecule has 1 aliphatic carbocycles. The third-order valence-corrected chi connectivity index (χ3v) is 5.10. The zero-order chi connectivity index (χ0) is 15.3. The van der Waals surface area contributed by atoms with E-state index in [1.54, 1.807) is 24.3 Å². The maximum absolute atomic E-state index is 12.3. The Morgan fingerprint density at radius 1 is 1.29 bits per heavy atom. The molecule has 118 valence electrons. The van der Waals surface area contributed by atoms with Crippen LogP contribution in [0.15, 0.2) is 29.2 Å². The van der Waals surface area contributed by atoms with E-state index in [1.807, 2.05) is 14.0 Å². The Morgan fingerprint density at radius 3 is 2.52 bits per heavy atom. The zero-order valence-electron chi connectivity index (χ0n) is 12.6. The predicted molar refractivity (Wildman–Crippen MR) is 83.0 cm³/mol. The average Bonchev–Trinajstić information content (AvgIpc) is 3.23. The Kier molecular flexibility index (Phi) is 5.61. The molecule has 0 amide bonds. The van der Waals surface area contributed by atoms with Gasteiger partial charge in [-0.05, 0) is 50.6 Å². The summed E-state index contributed by atoms with van der Waals surface area (Å²) >= 11 is 0. The van der Waals surface area contributed by atoms with Gasteiger partial charge in [-0.2, -0.15) is 0 Å². The highest BCUT2D eigenvalue weighted by atomic mass is 32.2. The molecule has 0 spiro atoms. The van der Waals surface area contributed by atoms with Crippen LogP contribution < -0.4 is 14.8 Å². The lowest BCUT2D eigenvalue weighted by molar-refractivity contribution is 0.318. The van der Waals surface area contributed by atoms with Gasteiger partial charge in [-0.25, -0.2) is 13.1 Å². The molecular weight excluding hydrogens is 288 g/mol. The van der Waals surface area contributed by atoms with Gasteiger partial charge in [0.05, 0.1) is 4.90 Å². The second-order valence-electron chi connectivity index (χ2n) is 5.62. The predicted octanol–water partition coefficient (Wildman–Crippen LogP) is 1.75. The zero-order valence-corrected chi connectivity index (χ0v) is 13.4. The summed E-state index contributed by atoms with van der Waals surface area (Å²) in [5.41, 5.74) is 0. The van der Waals surface area contributed by atoms with E-state index in [9.17, 15) is 8.42 Å². The molecule has 0 aliphatic heterocycles. The largest absolute Gasteiger partial charge is 0.492 e. The van der Waals surface area contributed by atoms with E-state index >= 15 is 0 Å². The summed E-state index contributed by atoms with van der Waals surface area (Å²) < 4.78 is 32.7. The van der Waals surface area contributed by atoms with Gasteiger partial charge in [-0.1, -0.05) is 12.8 Å². The van der Waals surface area contributed by atoms with E-state index in [0.717, 1.165) is 13.0 Å². The van der Waals surface area contributed by atoms with Crippen molar-refractivity contribution < 1.29 is 13.2 Å². The van der Waals surface area contributed by atoms with E-state index in [4.69, 9.17) is 4.74 Å². The van der Waals surface area contributed by atoms with Crippen LogP contribution in [0.3, 0.4) is 0 Å². The van der Waals surface area contributed by atoms with Crippen molar-refractivity contribution in [3.63, 3.8) is 0 Å². The fourth-order valence-electron chi connectivity index (χ4n) is 2.22. The van der Waals surface area contributed by atoms with Gasteiger partial charge in [0.15, 0.2) is 0 Å². The summed E-state index contributed by atoms with van der Waals surface area (Å²) in [6.45, 7) is 3.23. The summed E-state index contributed by atoms with van der Waals surface area (Å²) in [6.07, 6.45) is 3.37. The van der Waals surface area contributed by atoms with Crippen molar-refractivity contribution in [3.05, 3.63) is 24.3 Å². The molecule has 0 aromatic heterocycles. The van der Waals surface area contributed by atoms with E-state index in [2.05, 4.69) is 10.0 Å². The molecule has 1 fully saturated rings. The van der Waals surface area contributed by atoms with Crippen molar-refractivity contribution in [2.45, 2.75) is 37.1 Å². The number of hydrogen-bond donors (Lipinski definition) is 2. The minimum absolute atomic E-state index is 0.0194. The Balaban J connectivity index is 1.92. The number of sulfonamides is 1. The topological polar surface area (TPSA) is 67.4 Å². The molecule has 0 saturated heterocycles. The normalized spacial score (nSPS) is 16.7. The Bertz CT molecular complexity index is 539. The maximum Gasteiger partial charge on any atom is 0.240 e. The minimum atomic E-state index is -3.44. The fourth-order valence-corrected chi connectivity index (χ4v) is 3.48. The molecule has 21 heavy (non-hydrogen) atoms. The van der Waals surface area contributed by atoms with Crippen LogP contribution in [0.25, 0.3) is 0 Å². The quantitative estimate of drug-likeness (QED) is 0.682. The maximum atomic E-state index is 12.3. The molecule has 2 N–H and O–H groups in total. The Labute approximate surface area is 127 Å². The van der Waals surface area contributed by atoms with Crippen LogP contribution in [0.5, 0.6) is 5.75 Å². The van der Waals surface area contributed by atoms with Gasteiger partial charge < -0.3 is 10.1 Å². The molecular formula is C15H24N2O3S. The number of nitrogens with one attached hydrogen (secondary N) is 2. The van der Waals surface area contributed by atoms with Gasteiger partial charge in [0.2, 0.25) is 10.0 Å². The highest BCUT2D eigenvalue weighted by molar-refractivity contribution is 7.89. The Hall–Kier alpha value is -1.11. The summed E-state index contributed by atoms with van der Waals surface area (Å²) in [5, 5.41) is 2.98. The second-order valence-corrected chi connectivity index (χ2v) is 7.34. The monoisotopic (exact) mass is 312 g/mol. The number of ether oxygens (including phenoxy) is 1. The summed E-state index contributed by atoms with van der Waals surface area (Å²) in [7, 11) is -1.58. The number of likely N-dealkylation sites (N-methyl/N-ethyl adjacent to an activating group) is 1. The lowest BCUT2D eigenvalue weighted by atomic mass is 10.2. The van der Waals surface area contributed by atoms with Crippen LogP contribution >= 0.6 is 0 Å². The highest BCUT2D eigenvalue weighted by Crippen LogP contribution is 2.33. The number of hydrogen-bond acceptors (Lipinski definition) is 4.